The van der Waals surface area contributed by atoms with Crippen LogP contribution in [0.1, 0.15) is 41.6 Å². The summed E-state index contributed by atoms with van der Waals surface area (Å²) in [5.74, 6) is 0.632. The molecule has 21 heavy (non-hydrogen) atoms. The summed E-state index contributed by atoms with van der Waals surface area (Å²) in [5.41, 5.74) is 3.31. The standard InChI is InChI=1S/C19H17NO/c21-19(17-6-2-1-5-15(17)13-8-9-13)18-7-3-4-14-12-20-11-10-16(14)18/h1-7,10-13,19,21H,8-9H2. The highest BCUT2D eigenvalue weighted by molar-refractivity contribution is 5.85. The molecule has 2 aromatic carbocycles. The summed E-state index contributed by atoms with van der Waals surface area (Å²) >= 11 is 0. The molecule has 1 unspecified atom stereocenters. The minimum absolute atomic E-state index is 0.576. The highest BCUT2D eigenvalue weighted by atomic mass is 16.3. The van der Waals surface area contributed by atoms with Gasteiger partial charge in [0.2, 0.25) is 0 Å². The van der Waals surface area contributed by atoms with E-state index in [-0.39, 0.29) is 0 Å². The molecule has 1 saturated carbocycles. The number of nitrogens with zero attached hydrogens (tertiary/aromatic N) is 1. The van der Waals surface area contributed by atoms with Crippen LogP contribution in [0.2, 0.25) is 0 Å². The van der Waals surface area contributed by atoms with Gasteiger partial charge in [-0.1, -0.05) is 42.5 Å². The Bertz CT molecular complexity index is 787. The van der Waals surface area contributed by atoms with Crippen molar-refractivity contribution in [3.05, 3.63) is 77.6 Å². The molecule has 1 aliphatic rings. The molecule has 2 heteroatoms. The molecule has 0 aliphatic heterocycles. The van der Waals surface area contributed by atoms with E-state index in [2.05, 4.69) is 23.2 Å². The van der Waals surface area contributed by atoms with E-state index in [1.54, 1.807) is 6.20 Å². The Morgan fingerprint density at radius 2 is 1.76 bits per heavy atom. The molecule has 3 aromatic rings. The van der Waals surface area contributed by atoms with E-state index >= 15 is 0 Å². The molecular formula is C19H17NO. The minimum Gasteiger partial charge on any atom is -0.384 e. The van der Waals surface area contributed by atoms with Crippen molar-refractivity contribution < 1.29 is 5.11 Å². The average Bonchev–Trinajstić information content (AvgIpc) is 3.38. The van der Waals surface area contributed by atoms with Crippen LogP contribution in [0.3, 0.4) is 0 Å². The molecule has 104 valence electrons. The zero-order valence-electron chi connectivity index (χ0n) is 11.7. The number of benzene rings is 2. The molecule has 1 atom stereocenters. The summed E-state index contributed by atoms with van der Waals surface area (Å²) in [6, 6.07) is 16.3. The Morgan fingerprint density at radius 1 is 0.952 bits per heavy atom. The summed E-state index contributed by atoms with van der Waals surface area (Å²) in [5, 5.41) is 13.1. The van der Waals surface area contributed by atoms with Gasteiger partial charge in [-0.05, 0) is 46.9 Å². The minimum atomic E-state index is -0.576. The number of hydrogen-bond donors (Lipinski definition) is 1. The molecular weight excluding hydrogens is 258 g/mol. The normalized spacial score (nSPS) is 16.0. The Morgan fingerprint density at radius 3 is 2.62 bits per heavy atom. The number of pyridine rings is 1. The van der Waals surface area contributed by atoms with E-state index in [1.165, 1.54) is 18.4 Å². The van der Waals surface area contributed by atoms with Gasteiger partial charge >= 0.3 is 0 Å². The first-order valence-electron chi connectivity index (χ1n) is 7.44. The maximum Gasteiger partial charge on any atom is 0.105 e. The number of aliphatic hydroxyl groups excluding tert-OH is 1. The molecule has 1 aliphatic carbocycles. The van der Waals surface area contributed by atoms with Crippen molar-refractivity contribution in [1.82, 2.24) is 4.98 Å². The van der Waals surface area contributed by atoms with Crippen LogP contribution >= 0.6 is 0 Å². The van der Waals surface area contributed by atoms with Crippen molar-refractivity contribution in [2.75, 3.05) is 0 Å². The summed E-state index contributed by atoms with van der Waals surface area (Å²) in [6.07, 6.45) is 5.53. The van der Waals surface area contributed by atoms with Crippen molar-refractivity contribution in [3.63, 3.8) is 0 Å². The predicted octanol–water partition coefficient (Wildman–Crippen LogP) is 4.19. The molecule has 0 radical (unpaired) electrons. The Hall–Kier alpha value is -2.19. The third kappa shape index (κ3) is 2.22. The van der Waals surface area contributed by atoms with Crippen LogP contribution in [0.25, 0.3) is 10.8 Å². The SMILES string of the molecule is OC(c1ccccc1C1CC1)c1cccc2cnccc12. The van der Waals surface area contributed by atoms with Gasteiger partial charge in [-0.3, -0.25) is 4.98 Å². The van der Waals surface area contributed by atoms with Crippen LogP contribution in [0.5, 0.6) is 0 Å². The van der Waals surface area contributed by atoms with Crippen LogP contribution < -0.4 is 0 Å². The lowest BCUT2D eigenvalue weighted by molar-refractivity contribution is 0.220. The van der Waals surface area contributed by atoms with Gasteiger partial charge in [0.1, 0.15) is 6.10 Å². The molecule has 1 heterocycles. The fourth-order valence-corrected chi connectivity index (χ4v) is 3.08. The van der Waals surface area contributed by atoms with Crippen LogP contribution in [0.15, 0.2) is 60.9 Å². The summed E-state index contributed by atoms with van der Waals surface area (Å²) in [4.78, 5) is 4.16. The van der Waals surface area contributed by atoms with Gasteiger partial charge in [0.15, 0.2) is 0 Å². The molecule has 1 N–H and O–H groups in total. The quantitative estimate of drug-likeness (QED) is 0.777. The van der Waals surface area contributed by atoms with Crippen molar-refractivity contribution in [2.45, 2.75) is 24.9 Å². The monoisotopic (exact) mass is 275 g/mol. The number of fused-ring (bicyclic) bond motifs is 1. The van der Waals surface area contributed by atoms with Gasteiger partial charge in [-0.15, -0.1) is 0 Å². The molecule has 0 bridgehead atoms. The molecule has 0 spiro atoms. The summed E-state index contributed by atoms with van der Waals surface area (Å²) in [7, 11) is 0. The van der Waals surface area contributed by atoms with E-state index in [0.717, 1.165) is 21.9 Å². The third-order valence-corrected chi connectivity index (χ3v) is 4.32. The smallest absolute Gasteiger partial charge is 0.105 e. The lowest BCUT2D eigenvalue weighted by Crippen LogP contribution is -2.04. The average molecular weight is 275 g/mol. The van der Waals surface area contributed by atoms with Gasteiger partial charge < -0.3 is 5.11 Å². The fraction of sp³-hybridized carbons (Fsp3) is 0.211. The number of hydrogen-bond acceptors (Lipinski definition) is 2. The zero-order valence-corrected chi connectivity index (χ0v) is 11.7. The highest BCUT2D eigenvalue weighted by Gasteiger charge is 2.28. The topological polar surface area (TPSA) is 33.1 Å². The molecule has 4 rings (SSSR count). The Balaban J connectivity index is 1.85. The number of aliphatic hydroxyl groups is 1. The van der Waals surface area contributed by atoms with Gasteiger partial charge in [0.05, 0.1) is 0 Å². The first-order chi connectivity index (χ1) is 10.3. The Kier molecular flexibility index (Phi) is 2.97. The van der Waals surface area contributed by atoms with Crippen molar-refractivity contribution in [3.8, 4) is 0 Å². The fourth-order valence-electron chi connectivity index (χ4n) is 3.08. The molecule has 1 aromatic heterocycles. The predicted molar refractivity (Wildman–Crippen MR) is 84.2 cm³/mol. The maximum absolute atomic E-state index is 10.9. The lowest BCUT2D eigenvalue weighted by Gasteiger charge is -2.17. The van der Waals surface area contributed by atoms with Gasteiger partial charge in [-0.25, -0.2) is 0 Å². The number of rotatable bonds is 3. The highest BCUT2D eigenvalue weighted by Crippen LogP contribution is 2.44. The first-order valence-corrected chi connectivity index (χ1v) is 7.44. The molecule has 0 saturated heterocycles. The second-order valence-electron chi connectivity index (χ2n) is 5.75. The van der Waals surface area contributed by atoms with Crippen LogP contribution in [0, 0.1) is 0 Å². The van der Waals surface area contributed by atoms with E-state index in [4.69, 9.17) is 0 Å². The lowest BCUT2D eigenvalue weighted by atomic mass is 9.92. The molecule has 0 amide bonds. The van der Waals surface area contributed by atoms with Gasteiger partial charge in [-0.2, -0.15) is 0 Å². The van der Waals surface area contributed by atoms with Crippen LogP contribution in [-0.2, 0) is 0 Å². The van der Waals surface area contributed by atoms with E-state index in [1.807, 2.05) is 36.5 Å². The second-order valence-corrected chi connectivity index (χ2v) is 5.75. The van der Waals surface area contributed by atoms with Gasteiger partial charge in [0, 0.05) is 17.8 Å². The van der Waals surface area contributed by atoms with Crippen LogP contribution in [-0.4, -0.2) is 10.1 Å². The third-order valence-electron chi connectivity index (χ3n) is 4.32. The van der Waals surface area contributed by atoms with Crippen LogP contribution in [0.4, 0.5) is 0 Å². The van der Waals surface area contributed by atoms with Crippen molar-refractivity contribution in [2.24, 2.45) is 0 Å². The van der Waals surface area contributed by atoms with Crippen molar-refractivity contribution >= 4 is 10.8 Å². The molecule has 2 nitrogen and oxygen atoms in total. The van der Waals surface area contributed by atoms with Crippen molar-refractivity contribution in [1.29, 1.82) is 0 Å². The Labute approximate surface area is 124 Å². The summed E-state index contributed by atoms with van der Waals surface area (Å²) in [6.45, 7) is 0. The van der Waals surface area contributed by atoms with E-state index in [0.29, 0.717) is 5.92 Å². The van der Waals surface area contributed by atoms with Gasteiger partial charge in [0.25, 0.3) is 0 Å². The molecule has 1 fully saturated rings. The zero-order chi connectivity index (χ0) is 14.2. The number of aromatic nitrogens is 1. The summed E-state index contributed by atoms with van der Waals surface area (Å²) < 4.78 is 0. The second kappa shape index (κ2) is 4.97. The largest absolute Gasteiger partial charge is 0.384 e. The van der Waals surface area contributed by atoms with E-state index in [9.17, 15) is 5.11 Å². The maximum atomic E-state index is 10.9. The first kappa shape index (κ1) is 12.5. The van der Waals surface area contributed by atoms with E-state index < -0.39 is 6.10 Å².